The number of hydroxylamine groups is 1. The second-order valence-corrected chi connectivity index (χ2v) is 8.25. The quantitative estimate of drug-likeness (QED) is 0.365. The lowest BCUT2D eigenvalue weighted by Gasteiger charge is -2.17. The number of hydrogen-bond acceptors (Lipinski definition) is 6. The van der Waals surface area contributed by atoms with Crippen LogP contribution in [0.3, 0.4) is 0 Å². The Morgan fingerprint density at radius 2 is 1.55 bits per heavy atom. The van der Waals surface area contributed by atoms with Crippen molar-refractivity contribution in [2.75, 3.05) is 18.9 Å². The third kappa shape index (κ3) is 4.96. The number of benzene rings is 3. The summed E-state index contributed by atoms with van der Waals surface area (Å²) in [6.07, 6.45) is 0. The number of ether oxygens (including phenoxy) is 2. The molecule has 0 saturated carbocycles. The zero-order chi connectivity index (χ0) is 22.4. The van der Waals surface area contributed by atoms with Crippen LogP contribution in [0.2, 0.25) is 0 Å². The van der Waals surface area contributed by atoms with Gasteiger partial charge >= 0.3 is 0 Å². The van der Waals surface area contributed by atoms with Crippen LogP contribution in [-0.4, -0.2) is 33.8 Å². The van der Waals surface area contributed by atoms with Crippen molar-refractivity contribution in [1.82, 2.24) is 5.48 Å². The molecule has 162 valence electrons. The fourth-order valence-corrected chi connectivity index (χ4v) is 4.25. The number of amides is 1. The standard InChI is InChI=1S/C22H22N2O6S/c1-29-19-12-11-18(14-20(19)30-2)31(27,28)24-17-10-6-9-16(13-17)21(22(25)23-26)15-7-4-3-5-8-15/h3-14,21,24,26H,1-2H3,(H,23,25). The second kappa shape index (κ2) is 9.50. The number of methoxy groups -OCH3 is 2. The molecular weight excluding hydrogens is 420 g/mol. The maximum Gasteiger partial charge on any atom is 0.262 e. The minimum absolute atomic E-state index is 0.0109. The average molecular weight is 442 g/mol. The van der Waals surface area contributed by atoms with Crippen molar-refractivity contribution in [3.8, 4) is 11.5 Å². The van der Waals surface area contributed by atoms with Gasteiger partial charge in [0.2, 0.25) is 0 Å². The van der Waals surface area contributed by atoms with E-state index in [1.54, 1.807) is 54.0 Å². The van der Waals surface area contributed by atoms with Gasteiger partial charge in [-0.3, -0.25) is 14.7 Å². The molecule has 31 heavy (non-hydrogen) atoms. The van der Waals surface area contributed by atoms with Gasteiger partial charge in [-0.15, -0.1) is 0 Å². The van der Waals surface area contributed by atoms with Crippen molar-refractivity contribution in [2.24, 2.45) is 0 Å². The Kier molecular flexibility index (Phi) is 6.78. The van der Waals surface area contributed by atoms with Gasteiger partial charge in [0.1, 0.15) is 0 Å². The van der Waals surface area contributed by atoms with E-state index in [2.05, 4.69) is 4.72 Å². The first-order valence-electron chi connectivity index (χ1n) is 9.23. The maximum atomic E-state index is 12.9. The van der Waals surface area contributed by atoms with Gasteiger partial charge in [0, 0.05) is 11.8 Å². The summed E-state index contributed by atoms with van der Waals surface area (Å²) in [5, 5.41) is 9.19. The van der Waals surface area contributed by atoms with Crippen molar-refractivity contribution in [3.05, 3.63) is 83.9 Å². The smallest absolute Gasteiger partial charge is 0.262 e. The molecule has 0 spiro atoms. The monoisotopic (exact) mass is 442 g/mol. The summed E-state index contributed by atoms with van der Waals surface area (Å²) >= 11 is 0. The van der Waals surface area contributed by atoms with Crippen LogP contribution >= 0.6 is 0 Å². The molecule has 1 unspecified atom stereocenters. The van der Waals surface area contributed by atoms with Crippen molar-refractivity contribution in [3.63, 3.8) is 0 Å². The van der Waals surface area contributed by atoms with Crippen molar-refractivity contribution < 1.29 is 27.9 Å². The van der Waals surface area contributed by atoms with Gasteiger partial charge in [0.05, 0.1) is 25.0 Å². The van der Waals surface area contributed by atoms with Crippen LogP contribution in [0, 0.1) is 0 Å². The second-order valence-electron chi connectivity index (χ2n) is 6.57. The lowest BCUT2D eigenvalue weighted by molar-refractivity contribution is -0.129. The van der Waals surface area contributed by atoms with Crippen LogP contribution in [0.4, 0.5) is 5.69 Å². The molecule has 0 fully saturated rings. The largest absolute Gasteiger partial charge is 0.493 e. The van der Waals surface area contributed by atoms with Crippen LogP contribution in [0.1, 0.15) is 17.0 Å². The molecule has 0 saturated heterocycles. The Balaban J connectivity index is 1.95. The molecule has 1 amide bonds. The first-order valence-corrected chi connectivity index (χ1v) is 10.7. The summed E-state index contributed by atoms with van der Waals surface area (Å²) in [5.41, 5.74) is 3.09. The Bertz CT molecular complexity index is 1170. The van der Waals surface area contributed by atoms with Crippen LogP contribution in [0.5, 0.6) is 11.5 Å². The summed E-state index contributed by atoms with van der Waals surface area (Å²) in [4.78, 5) is 12.3. The van der Waals surface area contributed by atoms with Gasteiger partial charge in [-0.1, -0.05) is 42.5 Å². The Hall–Kier alpha value is -3.56. The van der Waals surface area contributed by atoms with Crippen LogP contribution in [0.15, 0.2) is 77.7 Å². The van der Waals surface area contributed by atoms with Gasteiger partial charge in [0.25, 0.3) is 15.9 Å². The zero-order valence-electron chi connectivity index (χ0n) is 16.9. The van der Waals surface area contributed by atoms with E-state index in [-0.39, 0.29) is 16.3 Å². The molecule has 3 aromatic rings. The van der Waals surface area contributed by atoms with E-state index in [1.807, 2.05) is 6.07 Å². The van der Waals surface area contributed by atoms with Gasteiger partial charge < -0.3 is 9.47 Å². The van der Waals surface area contributed by atoms with E-state index in [0.29, 0.717) is 16.9 Å². The summed E-state index contributed by atoms with van der Waals surface area (Å²) < 4.78 is 38.6. The summed E-state index contributed by atoms with van der Waals surface area (Å²) in [6, 6.07) is 19.5. The molecule has 0 aliphatic carbocycles. The lowest BCUT2D eigenvalue weighted by atomic mass is 9.90. The average Bonchev–Trinajstić information content (AvgIpc) is 2.79. The molecule has 0 aliphatic heterocycles. The summed E-state index contributed by atoms with van der Waals surface area (Å²) in [7, 11) is -1.06. The topological polar surface area (TPSA) is 114 Å². The predicted octanol–water partition coefficient (Wildman–Crippen LogP) is 3.14. The fourth-order valence-electron chi connectivity index (χ4n) is 3.18. The van der Waals surface area contributed by atoms with Crippen LogP contribution < -0.4 is 19.7 Å². The predicted molar refractivity (Wildman–Crippen MR) is 115 cm³/mol. The molecule has 1 atom stereocenters. The van der Waals surface area contributed by atoms with E-state index >= 15 is 0 Å². The summed E-state index contributed by atoms with van der Waals surface area (Å²) in [5.74, 6) is -0.769. The number of anilines is 1. The molecular formula is C22H22N2O6S. The first kappa shape index (κ1) is 22.1. The van der Waals surface area contributed by atoms with E-state index in [4.69, 9.17) is 9.47 Å². The molecule has 3 rings (SSSR count). The highest BCUT2D eigenvalue weighted by atomic mass is 32.2. The van der Waals surface area contributed by atoms with Crippen molar-refractivity contribution >= 4 is 21.6 Å². The summed E-state index contributed by atoms with van der Waals surface area (Å²) in [6.45, 7) is 0. The molecule has 3 aromatic carbocycles. The number of carbonyl (C=O) groups is 1. The fraction of sp³-hybridized carbons (Fsp3) is 0.136. The van der Waals surface area contributed by atoms with Gasteiger partial charge in [-0.25, -0.2) is 13.9 Å². The number of nitrogens with one attached hydrogen (secondary N) is 2. The molecule has 9 heteroatoms. The van der Waals surface area contributed by atoms with E-state index in [9.17, 15) is 18.4 Å². The van der Waals surface area contributed by atoms with E-state index in [0.717, 1.165) is 0 Å². The Morgan fingerprint density at radius 1 is 0.871 bits per heavy atom. The molecule has 8 nitrogen and oxygen atoms in total. The minimum atomic E-state index is -3.94. The number of hydrogen-bond donors (Lipinski definition) is 3. The highest BCUT2D eigenvalue weighted by Gasteiger charge is 2.23. The molecule has 0 radical (unpaired) electrons. The molecule has 0 aliphatic rings. The number of sulfonamides is 1. The highest BCUT2D eigenvalue weighted by Crippen LogP contribution is 2.31. The van der Waals surface area contributed by atoms with Crippen LogP contribution in [0.25, 0.3) is 0 Å². The van der Waals surface area contributed by atoms with E-state index in [1.165, 1.54) is 32.4 Å². The Morgan fingerprint density at radius 3 is 2.19 bits per heavy atom. The normalized spacial score (nSPS) is 12.0. The SMILES string of the molecule is COc1ccc(S(=O)(=O)Nc2cccc(C(C(=O)NO)c3ccccc3)c2)cc1OC. The van der Waals surface area contributed by atoms with Gasteiger partial charge in [-0.05, 0) is 35.4 Å². The highest BCUT2D eigenvalue weighted by molar-refractivity contribution is 7.92. The maximum absolute atomic E-state index is 12.9. The van der Waals surface area contributed by atoms with Crippen molar-refractivity contribution in [1.29, 1.82) is 0 Å². The first-order chi connectivity index (χ1) is 14.9. The lowest BCUT2D eigenvalue weighted by Crippen LogP contribution is -2.27. The van der Waals surface area contributed by atoms with Crippen LogP contribution in [-0.2, 0) is 14.8 Å². The number of rotatable bonds is 8. The zero-order valence-corrected chi connectivity index (χ0v) is 17.7. The van der Waals surface area contributed by atoms with Gasteiger partial charge in [0.15, 0.2) is 11.5 Å². The molecule has 3 N–H and O–H groups in total. The minimum Gasteiger partial charge on any atom is -0.493 e. The van der Waals surface area contributed by atoms with E-state index < -0.39 is 21.8 Å². The molecule has 0 aromatic heterocycles. The molecule has 0 bridgehead atoms. The van der Waals surface area contributed by atoms with Gasteiger partial charge in [-0.2, -0.15) is 0 Å². The van der Waals surface area contributed by atoms with Crippen molar-refractivity contribution in [2.45, 2.75) is 10.8 Å². The molecule has 0 heterocycles. The Labute approximate surface area is 180 Å². The third-order valence-electron chi connectivity index (χ3n) is 4.64. The third-order valence-corrected chi connectivity index (χ3v) is 6.02. The number of carbonyl (C=O) groups excluding carboxylic acids is 1.